The number of rotatable bonds is 1. The average Bonchev–Trinajstić information content (AvgIpc) is 2.17. The predicted octanol–water partition coefficient (Wildman–Crippen LogP) is 1.71. The predicted molar refractivity (Wildman–Crippen MR) is 37.2 cm³/mol. The molecule has 1 aliphatic heterocycles. The summed E-state index contributed by atoms with van der Waals surface area (Å²) >= 11 is 0. The highest BCUT2D eigenvalue weighted by molar-refractivity contribution is 6.77. The summed E-state index contributed by atoms with van der Waals surface area (Å²) in [6, 6.07) is 1.27. The SMILES string of the molecule is C=C[Si]1(C)CCCO1. The Labute approximate surface area is 51.5 Å². The van der Waals surface area contributed by atoms with Crippen molar-refractivity contribution >= 4 is 8.32 Å². The van der Waals surface area contributed by atoms with Gasteiger partial charge in [-0.1, -0.05) is 5.70 Å². The molecule has 0 radical (unpaired) electrons. The third kappa shape index (κ3) is 1.01. The molecule has 0 amide bonds. The molecule has 0 aliphatic carbocycles. The maximum absolute atomic E-state index is 5.51. The van der Waals surface area contributed by atoms with Crippen molar-refractivity contribution < 1.29 is 4.43 Å². The minimum absolute atomic E-state index is 0.967. The Morgan fingerprint density at radius 2 is 2.50 bits per heavy atom. The Morgan fingerprint density at radius 1 is 1.75 bits per heavy atom. The zero-order chi connectivity index (χ0) is 6.04. The molecule has 2 heteroatoms. The molecule has 8 heavy (non-hydrogen) atoms. The summed E-state index contributed by atoms with van der Waals surface area (Å²) < 4.78 is 5.51. The van der Waals surface area contributed by atoms with Gasteiger partial charge >= 0.3 is 0 Å². The first kappa shape index (κ1) is 6.04. The molecule has 0 spiro atoms. The monoisotopic (exact) mass is 128 g/mol. The lowest BCUT2D eigenvalue weighted by Crippen LogP contribution is -2.25. The van der Waals surface area contributed by atoms with Crippen LogP contribution in [0.2, 0.25) is 12.6 Å². The highest BCUT2D eigenvalue weighted by atomic mass is 28.4. The van der Waals surface area contributed by atoms with Gasteiger partial charge in [-0.05, 0) is 19.0 Å². The summed E-state index contributed by atoms with van der Waals surface area (Å²) in [4.78, 5) is 0. The van der Waals surface area contributed by atoms with Crippen molar-refractivity contribution in [1.82, 2.24) is 0 Å². The molecule has 1 nitrogen and oxygen atoms in total. The Hall–Kier alpha value is -0.0831. The van der Waals surface area contributed by atoms with Crippen LogP contribution in [0.4, 0.5) is 0 Å². The first-order valence-corrected chi connectivity index (χ1v) is 5.74. The van der Waals surface area contributed by atoms with Crippen molar-refractivity contribution in [3.05, 3.63) is 12.3 Å². The van der Waals surface area contributed by atoms with Gasteiger partial charge in [0.05, 0.1) is 0 Å². The van der Waals surface area contributed by atoms with Crippen LogP contribution in [-0.2, 0) is 4.43 Å². The molecule has 1 fully saturated rings. The Morgan fingerprint density at radius 3 is 2.75 bits per heavy atom. The summed E-state index contributed by atoms with van der Waals surface area (Å²) in [6.07, 6.45) is 1.24. The minimum Gasteiger partial charge on any atom is -0.413 e. The van der Waals surface area contributed by atoms with Gasteiger partial charge in [-0.15, -0.1) is 6.58 Å². The Balaban J connectivity index is 2.52. The molecule has 1 saturated heterocycles. The number of hydrogen-bond donors (Lipinski definition) is 0. The van der Waals surface area contributed by atoms with Gasteiger partial charge in [0, 0.05) is 6.61 Å². The van der Waals surface area contributed by atoms with E-state index < -0.39 is 8.32 Å². The van der Waals surface area contributed by atoms with Crippen molar-refractivity contribution in [2.75, 3.05) is 6.61 Å². The molecule has 1 aliphatic rings. The summed E-state index contributed by atoms with van der Waals surface area (Å²) in [6.45, 7) is 6.93. The van der Waals surface area contributed by atoms with Crippen molar-refractivity contribution in [3.8, 4) is 0 Å². The lowest BCUT2D eigenvalue weighted by atomic mass is 10.5. The fraction of sp³-hybridized carbons (Fsp3) is 0.667. The van der Waals surface area contributed by atoms with E-state index in [0.29, 0.717) is 0 Å². The third-order valence-corrected chi connectivity index (χ3v) is 4.75. The molecule has 1 atom stereocenters. The van der Waals surface area contributed by atoms with Crippen LogP contribution in [0.5, 0.6) is 0 Å². The van der Waals surface area contributed by atoms with E-state index in [0.717, 1.165) is 6.61 Å². The molecular weight excluding hydrogens is 116 g/mol. The summed E-state index contributed by atoms with van der Waals surface area (Å²) in [7, 11) is -1.30. The average molecular weight is 128 g/mol. The van der Waals surface area contributed by atoms with Gasteiger partial charge in [0.1, 0.15) is 0 Å². The van der Waals surface area contributed by atoms with E-state index in [4.69, 9.17) is 4.43 Å². The van der Waals surface area contributed by atoms with Crippen molar-refractivity contribution in [2.24, 2.45) is 0 Å². The van der Waals surface area contributed by atoms with E-state index in [-0.39, 0.29) is 0 Å². The lowest BCUT2D eigenvalue weighted by Gasteiger charge is -2.12. The van der Waals surface area contributed by atoms with Crippen LogP contribution >= 0.6 is 0 Å². The van der Waals surface area contributed by atoms with Crippen LogP contribution in [0.3, 0.4) is 0 Å². The van der Waals surface area contributed by atoms with Gasteiger partial charge in [-0.3, -0.25) is 0 Å². The Kier molecular flexibility index (Phi) is 1.53. The minimum atomic E-state index is -1.30. The van der Waals surface area contributed by atoms with Gasteiger partial charge in [-0.2, -0.15) is 0 Å². The normalized spacial score (nSPS) is 37.6. The topological polar surface area (TPSA) is 9.23 Å². The molecule has 0 N–H and O–H groups in total. The van der Waals surface area contributed by atoms with E-state index in [1.165, 1.54) is 12.5 Å². The van der Waals surface area contributed by atoms with E-state index in [1.807, 2.05) is 5.70 Å². The first-order chi connectivity index (χ1) is 3.77. The molecule has 0 aromatic heterocycles. The second-order valence-electron chi connectivity index (χ2n) is 2.47. The van der Waals surface area contributed by atoms with Crippen LogP contribution in [0.15, 0.2) is 12.3 Å². The zero-order valence-corrected chi connectivity index (χ0v) is 6.31. The number of hydrogen-bond acceptors (Lipinski definition) is 1. The van der Waals surface area contributed by atoms with Crippen LogP contribution in [-0.4, -0.2) is 14.9 Å². The summed E-state index contributed by atoms with van der Waals surface area (Å²) in [5.41, 5.74) is 2.03. The molecule has 0 bridgehead atoms. The van der Waals surface area contributed by atoms with Gasteiger partial charge in [0.25, 0.3) is 0 Å². The van der Waals surface area contributed by atoms with Crippen molar-refractivity contribution in [1.29, 1.82) is 0 Å². The highest BCUT2D eigenvalue weighted by Crippen LogP contribution is 2.21. The van der Waals surface area contributed by atoms with Crippen LogP contribution in [0.25, 0.3) is 0 Å². The summed E-state index contributed by atoms with van der Waals surface area (Å²) in [5, 5.41) is 0. The van der Waals surface area contributed by atoms with E-state index in [2.05, 4.69) is 13.1 Å². The maximum Gasteiger partial charge on any atom is 0.213 e. The van der Waals surface area contributed by atoms with E-state index in [1.54, 1.807) is 0 Å². The largest absolute Gasteiger partial charge is 0.413 e. The summed E-state index contributed by atoms with van der Waals surface area (Å²) in [5.74, 6) is 0. The third-order valence-electron chi connectivity index (χ3n) is 1.68. The Bertz CT molecular complexity index is 94.7. The van der Waals surface area contributed by atoms with Gasteiger partial charge in [0.2, 0.25) is 8.32 Å². The van der Waals surface area contributed by atoms with Crippen molar-refractivity contribution in [2.45, 2.75) is 19.0 Å². The molecule has 1 heterocycles. The zero-order valence-electron chi connectivity index (χ0n) is 5.31. The standard InChI is InChI=1S/C6H12OSi/c1-3-8(2)6-4-5-7-8/h3H,1,4-6H2,2H3. The molecule has 0 saturated carbocycles. The first-order valence-electron chi connectivity index (χ1n) is 3.04. The quantitative estimate of drug-likeness (QED) is 0.488. The second kappa shape index (κ2) is 2.03. The fourth-order valence-corrected chi connectivity index (χ4v) is 2.88. The maximum atomic E-state index is 5.51. The molecule has 46 valence electrons. The molecule has 0 aromatic carbocycles. The molecule has 1 unspecified atom stereocenters. The van der Waals surface area contributed by atoms with Gasteiger partial charge in [-0.25, -0.2) is 0 Å². The van der Waals surface area contributed by atoms with E-state index in [9.17, 15) is 0 Å². The molecule has 0 aromatic rings. The van der Waals surface area contributed by atoms with E-state index >= 15 is 0 Å². The van der Waals surface area contributed by atoms with Crippen LogP contribution in [0, 0.1) is 0 Å². The molecule has 1 rings (SSSR count). The van der Waals surface area contributed by atoms with Gasteiger partial charge in [0.15, 0.2) is 0 Å². The molecular formula is C6H12OSi. The fourth-order valence-electron chi connectivity index (χ4n) is 0.962. The smallest absolute Gasteiger partial charge is 0.213 e. The highest BCUT2D eigenvalue weighted by Gasteiger charge is 2.29. The van der Waals surface area contributed by atoms with Crippen LogP contribution < -0.4 is 0 Å². The lowest BCUT2D eigenvalue weighted by molar-refractivity contribution is 0.353. The van der Waals surface area contributed by atoms with Crippen molar-refractivity contribution in [3.63, 3.8) is 0 Å². The second-order valence-corrected chi connectivity index (χ2v) is 6.29. The van der Waals surface area contributed by atoms with Crippen LogP contribution in [0.1, 0.15) is 6.42 Å². The van der Waals surface area contributed by atoms with Gasteiger partial charge < -0.3 is 4.43 Å².